The monoisotopic (exact) mass is 317 g/mol. The Labute approximate surface area is 99.0 Å². The third-order valence-electron chi connectivity index (χ3n) is 0.996. The summed E-state index contributed by atoms with van der Waals surface area (Å²) in [6.07, 6.45) is 0.624. The van der Waals surface area contributed by atoms with Gasteiger partial charge < -0.3 is 0 Å². The van der Waals surface area contributed by atoms with Gasteiger partial charge in [0.25, 0.3) is 0 Å². The van der Waals surface area contributed by atoms with E-state index in [4.69, 9.17) is 2.85 Å². The minimum absolute atomic E-state index is 0.208. The van der Waals surface area contributed by atoms with Crippen LogP contribution in [0.2, 0.25) is 0 Å². The van der Waals surface area contributed by atoms with E-state index in [1.54, 1.807) is 0 Å². The fraction of sp³-hybridized carbons (Fsp3) is 1.00. The summed E-state index contributed by atoms with van der Waals surface area (Å²) in [6.45, 7) is 12.1. The van der Waals surface area contributed by atoms with Crippen LogP contribution < -0.4 is 0 Å². The molecule has 0 spiro atoms. The van der Waals surface area contributed by atoms with Crippen LogP contribution in [0.25, 0.3) is 0 Å². The van der Waals surface area contributed by atoms with Crippen molar-refractivity contribution in [1.82, 2.24) is 0 Å². The van der Waals surface area contributed by atoms with Crippen molar-refractivity contribution in [3.63, 3.8) is 0 Å². The Morgan fingerprint density at radius 2 is 0.846 bits per heavy atom. The molecule has 0 saturated carbocycles. The predicted molar refractivity (Wildman–Crippen MR) is 48.7 cm³/mol. The summed E-state index contributed by atoms with van der Waals surface area (Å²) in [4.78, 5) is 0. The molecule has 0 heterocycles. The molecule has 13 heavy (non-hydrogen) atoms. The van der Waals surface area contributed by atoms with Crippen molar-refractivity contribution in [3.8, 4) is 0 Å². The standard InChI is InChI=1S/3C3H7O.Ce/c3*1-3(2)4;/h3*3H,1-2H3;/q3*-1;+3. The first-order chi connectivity index (χ1) is 5.91. The van der Waals surface area contributed by atoms with Gasteiger partial charge in [-0.2, -0.15) is 0 Å². The molecule has 0 aromatic heterocycles. The van der Waals surface area contributed by atoms with Crippen molar-refractivity contribution in [2.45, 2.75) is 59.9 Å². The molecule has 0 aliphatic heterocycles. The van der Waals surface area contributed by atoms with E-state index in [-0.39, 0.29) is 18.3 Å². The Morgan fingerprint density at radius 1 is 0.615 bits per heavy atom. The summed E-state index contributed by atoms with van der Waals surface area (Å²) in [7, 11) is 0. The van der Waals surface area contributed by atoms with Crippen molar-refractivity contribution in [3.05, 3.63) is 0 Å². The van der Waals surface area contributed by atoms with E-state index in [2.05, 4.69) is 0 Å². The molecule has 0 amide bonds. The zero-order chi connectivity index (χ0) is 10.4. The van der Waals surface area contributed by atoms with E-state index in [1.807, 2.05) is 41.5 Å². The van der Waals surface area contributed by atoms with E-state index in [1.165, 1.54) is 0 Å². The van der Waals surface area contributed by atoms with Gasteiger partial charge in [-0.1, -0.05) is 0 Å². The van der Waals surface area contributed by atoms with E-state index >= 15 is 0 Å². The second kappa shape index (κ2) is 7.54. The Balaban J connectivity index is 3.87. The van der Waals surface area contributed by atoms with Crippen LogP contribution in [0.3, 0.4) is 0 Å². The van der Waals surface area contributed by atoms with Crippen LogP contribution in [0.4, 0.5) is 0 Å². The number of hydrogen-bond acceptors (Lipinski definition) is 3. The normalized spacial score (nSPS) is 11.8. The number of hydrogen-bond donors (Lipinski definition) is 0. The fourth-order valence-electron chi connectivity index (χ4n) is 0.661. The Hall–Kier alpha value is 1.26. The average Bonchev–Trinajstić information content (AvgIpc) is 1.80. The second-order valence-electron chi connectivity index (χ2n) is 3.75. The van der Waals surface area contributed by atoms with E-state index in [9.17, 15) is 0 Å². The molecule has 0 aliphatic rings. The SMILES string of the molecule is CC(C)[O][Ce]([O]C(C)C)[O]C(C)C. The van der Waals surface area contributed by atoms with Crippen LogP contribution >= 0.6 is 0 Å². The molecule has 0 unspecified atom stereocenters. The molecule has 79 valence electrons. The summed E-state index contributed by atoms with van der Waals surface area (Å²) >= 11 is -2.64. The molecule has 0 atom stereocenters. The van der Waals surface area contributed by atoms with Crippen LogP contribution in [-0.2, 0) is 2.85 Å². The van der Waals surface area contributed by atoms with Crippen LogP contribution in [0.5, 0.6) is 0 Å². The van der Waals surface area contributed by atoms with Crippen molar-refractivity contribution in [1.29, 1.82) is 0 Å². The van der Waals surface area contributed by atoms with Crippen LogP contribution in [0.15, 0.2) is 0 Å². The Bertz CT molecular complexity index is 102. The van der Waals surface area contributed by atoms with Crippen LogP contribution in [0, 0.1) is 37.3 Å². The molecule has 0 N–H and O–H groups in total. The molecule has 0 saturated heterocycles. The van der Waals surface area contributed by atoms with E-state index < -0.39 is 37.3 Å². The molecule has 0 aromatic rings. The molecule has 0 radical (unpaired) electrons. The molecule has 0 bridgehead atoms. The topological polar surface area (TPSA) is 27.7 Å². The second-order valence-corrected chi connectivity index (χ2v) is 7.54. The first kappa shape index (κ1) is 14.3. The minimum atomic E-state index is -2.64. The van der Waals surface area contributed by atoms with Gasteiger partial charge in [0.2, 0.25) is 0 Å². The van der Waals surface area contributed by atoms with E-state index in [0.717, 1.165) is 0 Å². The van der Waals surface area contributed by atoms with Gasteiger partial charge in [0.05, 0.1) is 0 Å². The van der Waals surface area contributed by atoms with Crippen molar-refractivity contribution in [2.75, 3.05) is 0 Å². The van der Waals surface area contributed by atoms with Gasteiger partial charge in [0.15, 0.2) is 0 Å². The third-order valence-corrected chi connectivity index (χ3v) is 7.25. The molecule has 0 rings (SSSR count). The molecule has 0 aliphatic carbocycles. The van der Waals surface area contributed by atoms with Crippen molar-refractivity contribution < 1.29 is 40.1 Å². The quantitative estimate of drug-likeness (QED) is 0.754. The van der Waals surface area contributed by atoms with Crippen LogP contribution in [-0.4, -0.2) is 18.3 Å². The average molecular weight is 317 g/mol. The summed E-state index contributed by atoms with van der Waals surface area (Å²) in [5, 5.41) is 0. The first-order valence-corrected chi connectivity index (χ1v) is 8.63. The zero-order valence-corrected chi connectivity index (χ0v) is 12.6. The summed E-state index contributed by atoms with van der Waals surface area (Å²) < 4.78 is 16.9. The predicted octanol–water partition coefficient (Wildman–Crippen LogP) is 2.63. The molecule has 4 heteroatoms. The maximum absolute atomic E-state index is 5.64. The maximum atomic E-state index is 5.64. The van der Waals surface area contributed by atoms with Crippen molar-refractivity contribution >= 4 is 0 Å². The van der Waals surface area contributed by atoms with Gasteiger partial charge in [-0.25, -0.2) is 0 Å². The summed E-state index contributed by atoms with van der Waals surface area (Å²) in [5.74, 6) is 0. The molecule has 3 nitrogen and oxygen atoms in total. The molecule has 0 aromatic carbocycles. The Morgan fingerprint density at radius 3 is 1.00 bits per heavy atom. The molecule has 0 fully saturated rings. The number of rotatable bonds is 6. The first-order valence-electron chi connectivity index (χ1n) is 4.78. The summed E-state index contributed by atoms with van der Waals surface area (Å²) in [6, 6.07) is 0. The van der Waals surface area contributed by atoms with Gasteiger partial charge in [0, 0.05) is 0 Å². The van der Waals surface area contributed by atoms with Gasteiger partial charge >= 0.3 is 100.0 Å². The molecular formula is C9H21CeO3. The van der Waals surface area contributed by atoms with Gasteiger partial charge in [-0.15, -0.1) is 0 Å². The van der Waals surface area contributed by atoms with Gasteiger partial charge in [0.1, 0.15) is 0 Å². The van der Waals surface area contributed by atoms with Gasteiger partial charge in [-0.3, -0.25) is 0 Å². The fourth-order valence-corrected chi connectivity index (χ4v) is 4.81. The van der Waals surface area contributed by atoms with Gasteiger partial charge in [-0.05, 0) is 0 Å². The zero-order valence-electron chi connectivity index (χ0n) is 9.46. The molecular weight excluding hydrogens is 296 g/mol. The third kappa shape index (κ3) is 9.56. The van der Waals surface area contributed by atoms with Crippen LogP contribution in [0.1, 0.15) is 41.5 Å². The van der Waals surface area contributed by atoms with E-state index in [0.29, 0.717) is 0 Å². The van der Waals surface area contributed by atoms with Crippen molar-refractivity contribution in [2.24, 2.45) is 0 Å². The Kier molecular flexibility index (Phi) is 8.26. The summed E-state index contributed by atoms with van der Waals surface area (Å²) in [5.41, 5.74) is 0.